The van der Waals surface area contributed by atoms with E-state index in [9.17, 15) is 0 Å². The smallest absolute Gasteiger partial charge is 0.221 e. The van der Waals surface area contributed by atoms with Crippen molar-refractivity contribution in [1.82, 2.24) is 28.0 Å². The van der Waals surface area contributed by atoms with E-state index >= 15 is 0 Å². The third-order valence-corrected chi connectivity index (χ3v) is 22.0. The van der Waals surface area contributed by atoms with Crippen molar-refractivity contribution >= 4 is 22.5 Å². The predicted molar refractivity (Wildman–Crippen MR) is 165 cm³/mol. The van der Waals surface area contributed by atoms with Gasteiger partial charge in [0, 0.05) is 78.5 Å². The molecule has 0 N–H and O–H groups in total. The first-order valence-corrected chi connectivity index (χ1v) is 20.9. The van der Waals surface area contributed by atoms with Crippen LogP contribution in [0.2, 0.25) is 0 Å². The Morgan fingerprint density at radius 3 is 0.738 bits per heavy atom. The summed E-state index contributed by atoms with van der Waals surface area (Å²) in [5, 5.41) is 0. The molecule has 7 rings (SSSR count). The van der Waals surface area contributed by atoms with E-state index in [0.29, 0.717) is 0 Å². The van der Waals surface area contributed by atoms with Gasteiger partial charge in [-0.05, 0) is 12.8 Å². The molecule has 0 aromatic rings. The summed E-state index contributed by atoms with van der Waals surface area (Å²) in [6.45, 7) is 17.9. The van der Waals surface area contributed by atoms with Crippen molar-refractivity contribution in [1.29, 1.82) is 0 Å². The quantitative estimate of drug-likeness (QED) is 0.397. The fourth-order valence-corrected chi connectivity index (χ4v) is 23.1. The highest BCUT2D eigenvalue weighted by molar-refractivity contribution is 7.83. The van der Waals surface area contributed by atoms with E-state index in [1.807, 2.05) is 0 Å². The molecule has 7 aliphatic rings. The molecular weight excluding hydrogens is 599 g/mol. The summed E-state index contributed by atoms with van der Waals surface area (Å²) in [7, 11) is -7.70. The highest BCUT2D eigenvalue weighted by Gasteiger charge is 2.52. The minimum atomic E-state index is -2.58. The molecule has 0 amide bonds. The molecule has 7 heterocycles. The highest BCUT2D eigenvalue weighted by Crippen LogP contribution is 2.83. The molecular formula is C25H50N9O5P3. The van der Waals surface area contributed by atoms with Crippen LogP contribution in [0, 0.1) is 0 Å². The van der Waals surface area contributed by atoms with Gasteiger partial charge in [-0.25, -0.2) is 28.0 Å². The maximum absolute atomic E-state index is 6.26. The van der Waals surface area contributed by atoms with Crippen LogP contribution in [0.5, 0.6) is 0 Å². The summed E-state index contributed by atoms with van der Waals surface area (Å²) in [6, 6.07) is 0. The highest BCUT2D eigenvalue weighted by atomic mass is 31.3. The fraction of sp³-hybridized carbons (Fsp3) is 1.00. The Morgan fingerprint density at radius 2 is 0.500 bits per heavy atom. The largest absolute Gasteiger partial charge is 0.379 e. The van der Waals surface area contributed by atoms with E-state index < -0.39 is 22.5 Å². The molecule has 0 aromatic heterocycles. The van der Waals surface area contributed by atoms with E-state index in [4.69, 9.17) is 37.2 Å². The average molecular weight is 650 g/mol. The fourth-order valence-electron chi connectivity index (χ4n) is 7.01. The molecule has 7 aliphatic heterocycles. The maximum Gasteiger partial charge on any atom is 0.221 e. The summed E-state index contributed by atoms with van der Waals surface area (Å²) in [6.07, 6.45) is 3.69. The van der Waals surface area contributed by atoms with Crippen molar-refractivity contribution in [2.75, 3.05) is 145 Å². The summed E-state index contributed by atoms with van der Waals surface area (Å²) in [5.74, 6) is 0. The molecule has 6 fully saturated rings. The van der Waals surface area contributed by atoms with E-state index in [1.54, 1.807) is 0 Å². The van der Waals surface area contributed by atoms with Gasteiger partial charge in [-0.1, -0.05) is 6.42 Å². The van der Waals surface area contributed by atoms with Crippen molar-refractivity contribution in [3.05, 3.63) is 0 Å². The summed E-state index contributed by atoms with van der Waals surface area (Å²) >= 11 is 0. The summed E-state index contributed by atoms with van der Waals surface area (Å²) in [5.41, 5.74) is 0. The van der Waals surface area contributed by atoms with Crippen molar-refractivity contribution in [3.8, 4) is 0 Å². The van der Waals surface area contributed by atoms with Crippen molar-refractivity contribution in [3.63, 3.8) is 0 Å². The molecule has 0 aliphatic carbocycles. The molecule has 1 unspecified atom stereocenters. The van der Waals surface area contributed by atoms with Crippen LogP contribution in [-0.4, -0.2) is 173 Å². The third-order valence-electron chi connectivity index (χ3n) is 9.27. The summed E-state index contributed by atoms with van der Waals surface area (Å²) < 4.78 is 64.5. The molecule has 0 spiro atoms. The van der Waals surface area contributed by atoms with Crippen LogP contribution in [0.3, 0.4) is 0 Å². The van der Waals surface area contributed by atoms with Crippen LogP contribution >= 0.6 is 22.5 Å². The van der Waals surface area contributed by atoms with Gasteiger partial charge in [0.05, 0.1) is 66.1 Å². The molecule has 0 saturated carbocycles. The number of piperidine rings is 1. The Balaban J connectivity index is 1.53. The van der Waals surface area contributed by atoms with Gasteiger partial charge < -0.3 is 23.7 Å². The Hall–Kier alpha value is 0.250. The number of hydrogen-bond acceptors (Lipinski definition) is 14. The minimum absolute atomic E-state index is 0.724. The van der Waals surface area contributed by atoms with Gasteiger partial charge in [0.15, 0.2) is 0 Å². The zero-order chi connectivity index (χ0) is 28.3. The zero-order valence-corrected chi connectivity index (χ0v) is 27.8. The Kier molecular flexibility index (Phi) is 10.2. The maximum atomic E-state index is 6.26. The van der Waals surface area contributed by atoms with Gasteiger partial charge in [0.1, 0.15) is 0 Å². The number of hydrogen-bond donors (Lipinski definition) is 0. The van der Waals surface area contributed by atoms with E-state index in [0.717, 1.165) is 145 Å². The lowest BCUT2D eigenvalue weighted by molar-refractivity contribution is 0.0544. The average Bonchev–Trinajstić information content (AvgIpc) is 3.10. The third kappa shape index (κ3) is 5.93. The van der Waals surface area contributed by atoms with Crippen molar-refractivity contribution in [2.45, 2.75) is 19.3 Å². The number of ether oxygens (including phenoxy) is 5. The molecule has 240 valence electrons. The van der Waals surface area contributed by atoms with Gasteiger partial charge in [0.25, 0.3) is 0 Å². The predicted octanol–water partition coefficient (Wildman–Crippen LogP) is 2.99. The number of nitrogens with zero attached hydrogens (tertiary/aromatic N) is 9. The van der Waals surface area contributed by atoms with Gasteiger partial charge in [-0.2, -0.15) is 13.5 Å². The number of morpholine rings is 5. The van der Waals surface area contributed by atoms with Gasteiger partial charge in [0.2, 0.25) is 22.5 Å². The van der Waals surface area contributed by atoms with Gasteiger partial charge in [-0.3, -0.25) is 0 Å². The second-order valence-corrected chi connectivity index (χ2v) is 20.5. The van der Waals surface area contributed by atoms with Gasteiger partial charge >= 0.3 is 0 Å². The first-order chi connectivity index (χ1) is 20.8. The van der Waals surface area contributed by atoms with Crippen LogP contribution < -0.4 is 0 Å². The molecule has 0 aromatic carbocycles. The first kappa shape index (κ1) is 30.9. The van der Waals surface area contributed by atoms with E-state index in [-0.39, 0.29) is 0 Å². The normalized spacial score (nSPS) is 35.1. The second-order valence-electron chi connectivity index (χ2n) is 11.7. The molecule has 17 heteroatoms. The van der Waals surface area contributed by atoms with Crippen LogP contribution in [-0.2, 0) is 23.7 Å². The van der Waals surface area contributed by atoms with E-state index in [2.05, 4.69) is 28.0 Å². The summed E-state index contributed by atoms with van der Waals surface area (Å²) in [4.78, 5) is 0. The van der Waals surface area contributed by atoms with Crippen LogP contribution in [0.15, 0.2) is 13.5 Å². The lowest BCUT2D eigenvalue weighted by Crippen LogP contribution is -2.47. The zero-order valence-electron chi connectivity index (χ0n) is 25.1. The Labute approximate surface area is 251 Å². The molecule has 42 heavy (non-hydrogen) atoms. The van der Waals surface area contributed by atoms with Gasteiger partial charge in [-0.15, -0.1) is 0 Å². The standard InChI is InChI=1S/C25H50N9O5P3/c1-2-4-29(5-3-1)40(30-6-16-35-17-7-30)26-41(31-8-18-36-19-9-31,32-10-20-37-21-11-32)28-42(27-40,33-12-22-38-23-13-33)34-14-24-39-25-15-34/h1-25H2. The topological polar surface area (TPSA) is 103 Å². The lowest BCUT2D eigenvalue weighted by Gasteiger charge is -2.55. The van der Waals surface area contributed by atoms with Crippen LogP contribution in [0.4, 0.5) is 0 Å². The SMILES string of the molecule is C1CCN(P2(N3CCOCC3)=NP(N3CCOCC3)(N3CCOCC3)=NP(N3CCOCC3)(N3CCOCC3)=N2)CC1. The van der Waals surface area contributed by atoms with E-state index in [1.165, 1.54) is 19.3 Å². The van der Waals surface area contributed by atoms with Crippen LogP contribution in [0.25, 0.3) is 0 Å². The first-order valence-electron chi connectivity index (χ1n) is 16.1. The Bertz CT molecular complexity index is 864. The van der Waals surface area contributed by atoms with Crippen LogP contribution in [0.1, 0.15) is 19.3 Å². The molecule has 1 atom stereocenters. The monoisotopic (exact) mass is 649 g/mol. The minimum Gasteiger partial charge on any atom is -0.379 e. The number of rotatable bonds is 6. The lowest BCUT2D eigenvalue weighted by atomic mass is 10.2. The Morgan fingerprint density at radius 1 is 0.286 bits per heavy atom. The van der Waals surface area contributed by atoms with Crippen molar-refractivity contribution in [2.24, 2.45) is 13.5 Å². The van der Waals surface area contributed by atoms with Crippen molar-refractivity contribution < 1.29 is 23.7 Å². The molecule has 0 radical (unpaired) electrons. The molecule has 0 bridgehead atoms. The molecule has 14 nitrogen and oxygen atoms in total. The second kappa shape index (κ2) is 13.9. The molecule has 6 saturated heterocycles.